The molecule has 18 heavy (non-hydrogen) atoms. The van der Waals surface area contributed by atoms with Crippen molar-refractivity contribution in [2.24, 2.45) is 5.92 Å². The van der Waals surface area contributed by atoms with Crippen molar-refractivity contribution < 1.29 is 5.11 Å². The smallest absolute Gasteiger partial charge is 0.0859 e. The Morgan fingerprint density at radius 1 is 1.33 bits per heavy atom. The third-order valence-corrected chi connectivity index (χ3v) is 3.44. The Labute approximate surface area is 110 Å². The van der Waals surface area contributed by atoms with E-state index in [4.69, 9.17) is 0 Å². The Bertz CT molecular complexity index is 379. The first-order valence-corrected chi connectivity index (χ1v) is 6.88. The molecule has 0 saturated heterocycles. The highest BCUT2D eigenvalue weighted by molar-refractivity contribution is 5.33. The second kappa shape index (κ2) is 6.32. The summed E-state index contributed by atoms with van der Waals surface area (Å²) < 4.78 is 0. The van der Waals surface area contributed by atoms with E-state index in [1.165, 1.54) is 11.1 Å². The molecule has 2 atom stereocenters. The molecule has 0 aromatic heterocycles. The maximum absolute atomic E-state index is 10.3. The average molecular weight is 248 g/mol. The number of benzene rings is 1. The predicted octanol–water partition coefficient (Wildman–Crippen LogP) is 1.48. The number of aliphatic hydroxyl groups is 1. The third-order valence-electron chi connectivity index (χ3n) is 3.44. The van der Waals surface area contributed by atoms with Crippen LogP contribution in [0.25, 0.3) is 0 Å². The van der Waals surface area contributed by atoms with Crippen molar-refractivity contribution >= 4 is 0 Å². The highest BCUT2D eigenvalue weighted by Crippen LogP contribution is 2.24. The molecule has 0 amide bonds. The molecule has 3 N–H and O–H groups in total. The van der Waals surface area contributed by atoms with Crippen LogP contribution in [0.4, 0.5) is 0 Å². The first kappa shape index (κ1) is 13.5. The zero-order chi connectivity index (χ0) is 13.0. The number of fused-ring (bicyclic) bond motifs is 1. The molecule has 1 aliphatic rings. The van der Waals surface area contributed by atoms with Crippen molar-refractivity contribution in [3.05, 3.63) is 35.4 Å². The van der Waals surface area contributed by atoms with Crippen LogP contribution in [-0.2, 0) is 6.42 Å². The van der Waals surface area contributed by atoms with E-state index >= 15 is 0 Å². The fourth-order valence-electron chi connectivity index (χ4n) is 2.52. The molecular formula is C15H24N2O. The molecule has 0 bridgehead atoms. The molecule has 2 rings (SSSR count). The normalized spacial score (nSPS) is 20.8. The molecule has 0 fully saturated rings. The number of aliphatic hydroxyl groups excluding tert-OH is 1. The molecule has 1 aliphatic heterocycles. The minimum absolute atomic E-state index is 0.0645. The molecule has 1 heterocycles. The summed E-state index contributed by atoms with van der Waals surface area (Å²) in [6, 6.07) is 8.47. The number of hydrogen-bond acceptors (Lipinski definition) is 3. The number of nitrogens with one attached hydrogen (secondary N) is 2. The van der Waals surface area contributed by atoms with Crippen LogP contribution in [0.5, 0.6) is 0 Å². The largest absolute Gasteiger partial charge is 0.390 e. The lowest BCUT2D eigenvalue weighted by Gasteiger charge is -2.31. The molecule has 3 nitrogen and oxygen atoms in total. The molecule has 3 heteroatoms. The van der Waals surface area contributed by atoms with Crippen molar-refractivity contribution in [3.63, 3.8) is 0 Å². The van der Waals surface area contributed by atoms with Crippen LogP contribution in [0.1, 0.15) is 31.0 Å². The first-order valence-electron chi connectivity index (χ1n) is 6.88. The van der Waals surface area contributed by atoms with E-state index in [2.05, 4.69) is 42.7 Å². The highest BCUT2D eigenvalue weighted by atomic mass is 16.3. The second-order valence-corrected chi connectivity index (χ2v) is 5.50. The second-order valence-electron chi connectivity index (χ2n) is 5.50. The minimum Gasteiger partial charge on any atom is -0.390 e. The van der Waals surface area contributed by atoms with Crippen molar-refractivity contribution in [3.8, 4) is 0 Å². The van der Waals surface area contributed by atoms with E-state index in [0.717, 1.165) is 19.5 Å². The zero-order valence-corrected chi connectivity index (χ0v) is 11.3. The summed E-state index contributed by atoms with van der Waals surface area (Å²) in [5.74, 6) is 0.615. The Balaban J connectivity index is 1.97. The van der Waals surface area contributed by atoms with E-state index in [0.29, 0.717) is 12.5 Å². The van der Waals surface area contributed by atoms with Gasteiger partial charge in [-0.1, -0.05) is 38.1 Å². The Morgan fingerprint density at radius 2 is 2.11 bits per heavy atom. The van der Waals surface area contributed by atoms with Gasteiger partial charge in [0, 0.05) is 6.54 Å². The molecule has 2 unspecified atom stereocenters. The molecule has 100 valence electrons. The van der Waals surface area contributed by atoms with Crippen molar-refractivity contribution in [1.82, 2.24) is 10.6 Å². The molecule has 1 aromatic carbocycles. The monoisotopic (exact) mass is 248 g/mol. The fourth-order valence-corrected chi connectivity index (χ4v) is 2.52. The van der Waals surface area contributed by atoms with Crippen LogP contribution in [0.2, 0.25) is 0 Å². The average Bonchev–Trinajstić information content (AvgIpc) is 2.37. The van der Waals surface area contributed by atoms with Gasteiger partial charge < -0.3 is 15.7 Å². The topological polar surface area (TPSA) is 44.3 Å². The van der Waals surface area contributed by atoms with Gasteiger partial charge in [-0.2, -0.15) is 0 Å². The standard InChI is InChI=1S/C15H24N2O/c1-11(2)9-16-10-14(18)15-13-6-4-3-5-12(13)7-8-17-15/h3-6,11,14-18H,7-10H2,1-2H3. The predicted molar refractivity (Wildman–Crippen MR) is 74.6 cm³/mol. The lowest BCUT2D eigenvalue weighted by molar-refractivity contribution is 0.121. The van der Waals surface area contributed by atoms with E-state index < -0.39 is 0 Å². The molecule has 0 spiro atoms. The van der Waals surface area contributed by atoms with Gasteiger partial charge in [-0.15, -0.1) is 0 Å². The lowest BCUT2D eigenvalue weighted by atomic mass is 9.91. The summed E-state index contributed by atoms with van der Waals surface area (Å²) in [5, 5.41) is 17.1. The maximum atomic E-state index is 10.3. The van der Waals surface area contributed by atoms with Crippen molar-refractivity contribution in [2.45, 2.75) is 32.4 Å². The van der Waals surface area contributed by atoms with Gasteiger partial charge in [0.1, 0.15) is 0 Å². The highest BCUT2D eigenvalue weighted by Gasteiger charge is 2.25. The van der Waals surface area contributed by atoms with E-state index in [1.807, 2.05) is 6.07 Å². The van der Waals surface area contributed by atoms with Gasteiger partial charge in [0.15, 0.2) is 0 Å². The molecule has 1 aromatic rings. The summed E-state index contributed by atoms with van der Waals surface area (Å²) in [4.78, 5) is 0. The number of rotatable bonds is 5. The lowest BCUT2D eigenvalue weighted by Crippen LogP contribution is -2.42. The van der Waals surface area contributed by atoms with Crippen LogP contribution < -0.4 is 10.6 Å². The fraction of sp³-hybridized carbons (Fsp3) is 0.600. The maximum Gasteiger partial charge on any atom is 0.0859 e. The summed E-state index contributed by atoms with van der Waals surface area (Å²) in [6.07, 6.45) is 0.684. The number of hydrogen-bond donors (Lipinski definition) is 3. The van der Waals surface area contributed by atoms with Gasteiger partial charge in [-0.3, -0.25) is 0 Å². The van der Waals surface area contributed by atoms with Gasteiger partial charge in [0.25, 0.3) is 0 Å². The summed E-state index contributed by atoms with van der Waals surface area (Å²) in [5.41, 5.74) is 2.62. The Kier molecular flexibility index (Phi) is 4.75. The summed E-state index contributed by atoms with van der Waals surface area (Å²) in [6.45, 7) is 6.89. The van der Waals surface area contributed by atoms with Crippen LogP contribution in [0.15, 0.2) is 24.3 Å². The third kappa shape index (κ3) is 3.31. The first-order chi connectivity index (χ1) is 8.68. The van der Waals surface area contributed by atoms with Crippen LogP contribution in [0.3, 0.4) is 0 Å². The SMILES string of the molecule is CC(C)CNCC(O)C1NCCc2ccccc21. The summed E-state index contributed by atoms with van der Waals surface area (Å²) >= 11 is 0. The molecule has 0 saturated carbocycles. The summed E-state index contributed by atoms with van der Waals surface area (Å²) in [7, 11) is 0. The van der Waals surface area contributed by atoms with Gasteiger partial charge in [0.2, 0.25) is 0 Å². The van der Waals surface area contributed by atoms with Gasteiger partial charge >= 0.3 is 0 Å². The molecule has 0 radical (unpaired) electrons. The zero-order valence-electron chi connectivity index (χ0n) is 11.3. The van der Waals surface area contributed by atoms with Crippen LogP contribution in [0, 0.1) is 5.92 Å². The van der Waals surface area contributed by atoms with Crippen molar-refractivity contribution in [1.29, 1.82) is 0 Å². The van der Waals surface area contributed by atoms with Crippen LogP contribution in [-0.4, -0.2) is 30.8 Å². The molecular weight excluding hydrogens is 224 g/mol. The van der Waals surface area contributed by atoms with Crippen LogP contribution >= 0.6 is 0 Å². The van der Waals surface area contributed by atoms with Gasteiger partial charge in [-0.05, 0) is 36.6 Å². The molecule has 0 aliphatic carbocycles. The van der Waals surface area contributed by atoms with E-state index in [1.54, 1.807) is 0 Å². The van der Waals surface area contributed by atoms with Gasteiger partial charge in [-0.25, -0.2) is 0 Å². The van der Waals surface area contributed by atoms with E-state index in [9.17, 15) is 5.11 Å². The quantitative estimate of drug-likeness (QED) is 0.739. The van der Waals surface area contributed by atoms with Crippen molar-refractivity contribution in [2.75, 3.05) is 19.6 Å². The van der Waals surface area contributed by atoms with Gasteiger partial charge in [0.05, 0.1) is 12.1 Å². The van der Waals surface area contributed by atoms with E-state index in [-0.39, 0.29) is 12.1 Å². The Morgan fingerprint density at radius 3 is 2.89 bits per heavy atom. The minimum atomic E-state index is -0.370. The Hall–Kier alpha value is -0.900.